The lowest BCUT2D eigenvalue weighted by Gasteiger charge is -2.24. The van der Waals surface area contributed by atoms with Crippen molar-refractivity contribution in [1.82, 2.24) is 5.32 Å². The average molecular weight is 288 g/mol. The zero-order chi connectivity index (χ0) is 14.8. The molecule has 0 unspecified atom stereocenters. The molecule has 0 radical (unpaired) electrons. The lowest BCUT2D eigenvalue weighted by Crippen LogP contribution is -2.43. The summed E-state index contributed by atoms with van der Waals surface area (Å²) in [5.74, 6) is -1.47. The van der Waals surface area contributed by atoms with Crippen LogP contribution in [0.3, 0.4) is 0 Å². The minimum atomic E-state index is -3.97. The minimum Gasteiger partial charge on any atom is -0.347 e. The normalized spacial score (nSPS) is 12.3. The fourth-order valence-corrected chi connectivity index (χ4v) is 1.86. The Morgan fingerprint density at radius 1 is 1.42 bits per heavy atom. The molecule has 3 N–H and O–H groups in total. The zero-order valence-electron chi connectivity index (χ0n) is 11.0. The molecule has 1 amide bonds. The number of sulfonamides is 1. The summed E-state index contributed by atoms with van der Waals surface area (Å²) in [5, 5.41) is 7.57. The molecule has 0 bridgehead atoms. The molecule has 0 aliphatic rings. The van der Waals surface area contributed by atoms with Gasteiger partial charge in [0.15, 0.2) is 0 Å². The van der Waals surface area contributed by atoms with E-state index in [-0.39, 0.29) is 10.5 Å². The highest BCUT2D eigenvalue weighted by Crippen LogP contribution is 2.16. The van der Waals surface area contributed by atoms with Crippen molar-refractivity contribution < 1.29 is 17.6 Å². The molecule has 0 heterocycles. The van der Waals surface area contributed by atoms with Crippen LogP contribution in [0.4, 0.5) is 4.39 Å². The maximum Gasteiger partial charge on any atom is 0.254 e. The molecule has 7 heteroatoms. The van der Waals surface area contributed by atoms with Crippen LogP contribution in [-0.4, -0.2) is 19.9 Å². The Hall–Kier alpha value is -1.47. The standard InChI is InChI=1S/C12H17FN2O3S/c1-4-12(2,3)15-11(16)9-7-8(19(14,17)18)5-6-10(9)13/h5-7H,4H2,1-3H3,(H,15,16)(H2,14,17,18). The van der Waals surface area contributed by atoms with Gasteiger partial charge in [-0.2, -0.15) is 0 Å². The van der Waals surface area contributed by atoms with Crippen LogP contribution < -0.4 is 10.5 Å². The first kappa shape index (κ1) is 15.6. The third kappa shape index (κ3) is 4.00. The van der Waals surface area contributed by atoms with E-state index >= 15 is 0 Å². The number of hydrogen-bond acceptors (Lipinski definition) is 3. The van der Waals surface area contributed by atoms with Gasteiger partial charge in [-0.05, 0) is 38.5 Å². The second-order valence-corrected chi connectivity index (χ2v) is 6.44. The molecular formula is C12H17FN2O3S. The van der Waals surface area contributed by atoms with Gasteiger partial charge in [0.05, 0.1) is 10.5 Å². The summed E-state index contributed by atoms with van der Waals surface area (Å²) in [7, 11) is -3.97. The number of amides is 1. The number of benzene rings is 1. The zero-order valence-corrected chi connectivity index (χ0v) is 11.8. The smallest absolute Gasteiger partial charge is 0.254 e. The van der Waals surface area contributed by atoms with Crippen LogP contribution in [0.2, 0.25) is 0 Å². The number of primary sulfonamides is 1. The van der Waals surface area contributed by atoms with E-state index in [1.807, 2.05) is 6.92 Å². The van der Waals surface area contributed by atoms with E-state index in [1.165, 1.54) is 0 Å². The van der Waals surface area contributed by atoms with Crippen molar-refractivity contribution in [3.05, 3.63) is 29.6 Å². The van der Waals surface area contributed by atoms with Crippen LogP contribution in [-0.2, 0) is 10.0 Å². The van der Waals surface area contributed by atoms with Crippen molar-refractivity contribution in [2.75, 3.05) is 0 Å². The third-order valence-electron chi connectivity index (χ3n) is 2.85. The quantitative estimate of drug-likeness (QED) is 0.877. The van der Waals surface area contributed by atoms with Gasteiger partial charge in [-0.3, -0.25) is 4.79 Å². The number of carbonyl (C=O) groups excluding carboxylic acids is 1. The van der Waals surface area contributed by atoms with E-state index in [1.54, 1.807) is 13.8 Å². The Balaban J connectivity index is 3.17. The predicted octanol–water partition coefficient (Wildman–Crippen LogP) is 1.39. The fourth-order valence-electron chi connectivity index (χ4n) is 1.32. The van der Waals surface area contributed by atoms with Crippen LogP contribution in [0.25, 0.3) is 0 Å². The van der Waals surface area contributed by atoms with Crippen LogP contribution in [0.5, 0.6) is 0 Å². The minimum absolute atomic E-state index is 0.298. The highest BCUT2D eigenvalue weighted by Gasteiger charge is 2.22. The Kier molecular flexibility index (Phi) is 4.32. The molecule has 5 nitrogen and oxygen atoms in total. The molecule has 0 aromatic heterocycles. The number of rotatable bonds is 4. The van der Waals surface area contributed by atoms with Crippen molar-refractivity contribution >= 4 is 15.9 Å². The number of hydrogen-bond donors (Lipinski definition) is 2. The topological polar surface area (TPSA) is 89.3 Å². The first-order chi connectivity index (χ1) is 8.57. The monoisotopic (exact) mass is 288 g/mol. The average Bonchev–Trinajstić information content (AvgIpc) is 2.27. The van der Waals surface area contributed by atoms with E-state index in [0.717, 1.165) is 18.2 Å². The Morgan fingerprint density at radius 3 is 2.47 bits per heavy atom. The van der Waals surface area contributed by atoms with Gasteiger partial charge < -0.3 is 5.32 Å². The third-order valence-corrected chi connectivity index (χ3v) is 3.76. The number of nitrogens with one attached hydrogen (secondary N) is 1. The first-order valence-electron chi connectivity index (χ1n) is 5.71. The molecule has 0 aliphatic heterocycles. The highest BCUT2D eigenvalue weighted by molar-refractivity contribution is 7.89. The molecule has 1 aromatic carbocycles. The van der Waals surface area contributed by atoms with E-state index in [4.69, 9.17) is 5.14 Å². The molecular weight excluding hydrogens is 271 g/mol. The lowest BCUT2D eigenvalue weighted by atomic mass is 10.0. The first-order valence-corrected chi connectivity index (χ1v) is 7.26. The molecule has 1 rings (SSSR count). The van der Waals surface area contributed by atoms with Gasteiger partial charge in [0.2, 0.25) is 10.0 Å². The molecule has 0 saturated carbocycles. The molecule has 0 aliphatic carbocycles. The Labute approximate surface area is 112 Å². The van der Waals surface area contributed by atoms with Crippen molar-refractivity contribution in [2.24, 2.45) is 5.14 Å². The summed E-state index contributed by atoms with van der Waals surface area (Å²) < 4.78 is 36.0. The summed E-state index contributed by atoms with van der Waals surface area (Å²) in [6.07, 6.45) is 0.648. The molecule has 0 spiro atoms. The maximum absolute atomic E-state index is 13.6. The summed E-state index contributed by atoms with van der Waals surface area (Å²) >= 11 is 0. The summed E-state index contributed by atoms with van der Waals surface area (Å²) in [5.41, 5.74) is -0.853. The van der Waals surface area contributed by atoms with Gasteiger partial charge in [-0.15, -0.1) is 0 Å². The van der Waals surface area contributed by atoms with Gasteiger partial charge >= 0.3 is 0 Å². The van der Waals surface area contributed by atoms with Crippen LogP contribution >= 0.6 is 0 Å². The van der Waals surface area contributed by atoms with E-state index < -0.39 is 27.3 Å². The molecule has 0 saturated heterocycles. The number of carbonyl (C=O) groups is 1. The van der Waals surface area contributed by atoms with Gasteiger partial charge in [0, 0.05) is 5.54 Å². The largest absolute Gasteiger partial charge is 0.347 e. The fraction of sp³-hybridized carbons (Fsp3) is 0.417. The van der Waals surface area contributed by atoms with Gasteiger partial charge in [0.1, 0.15) is 5.82 Å². The van der Waals surface area contributed by atoms with Gasteiger partial charge in [0.25, 0.3) is 5.91 Å². The van der Waals surface area contributed by atoms with Crippen LogP contribution in [0.1, 0.15) is 37.6 Å². The summed E-state index contributed by atoms with van der Waals surface area (Å²) in [6.45, 7) is 5.44. The Bertz CT molecular complexity index is 597. The van der Waals surface area contributed by atoms with Crippen molar-refractivity contribution in [2.45, 2.75) is 37.6 Å². The molecule has 106 valence electrons. The van der Waals surface area contributed by atoms with E-state index in [9.17, 15) is 17.6 Å². The summed E-state index contributed by atoms with van der Waals surface area (Å²) in [4.78, 5) is 11.6. The van der Waals surface area contributed by atoms with E-state index in [0.29, 0.717) is 6.42 Å². The summed E-state index contributed by atoms with van der Waals surface area (Å²) in [6, 6.07) is 2.87. The highest BCUT2D eigenvalue weighted by atomic mass is 32.2. The van der Waals surface area contributed by atoms with Gasteiger partial charge in [-0.25, -0.2) is 17.9 Å². The van der Waals surface area contributed by atoms with Crippen molar-refractivity contribution in [1.29, 1.82) is 0 Å². The second-order valence-electron chi connectivity index (χ2n) is 4.88. The second kappa shape index (κ2) is 5.26. The number of halogens is 1. The molecule has 1 aromatic rings. The van der Waals surface area contributed by atoms with Gasteiger partial charge in [-0.1, -0.05) is 6.92 Å². The molecule has 0 fully saturated rings. The number of nitrogens with two attached hydrogens (primary N) is 1. The maximum atomic E-state index is 13.6. The molecule has 0 atom stereocenters. The molecule has 19 heavy (non-hydrogen) atoms. The van der Waals surface area contributed by atoms with Crippen LogP contribution in [0.15, 0.2) is 23.1 Å². The van der Waals surface area contributed by atoms with Crippen LogP contribution in [0, 0.1) is 5.82 Å². The Morgan fingerprint density at radius 2 is 2.00 bits per heavy atom. The van der Waals surface area contributed by atoms with Crippen molar-refractivity contribution in [3.63, 3.8) is 0 Å². The predicted molar refractivity (Wildman–Crippen MR) is 69.6 cm³/mol. The van der Waals surface area contributed by atoms with E-state index in [2.05, 4.69) is 5.32 Å². The van der Waals surface area contributed by atoms with Crippen molar-refractivity contribution in [3.8, 4) is 0 Å². The SMILES string of the molecule is CCC(C)(C)NC(=O)c1cc(S(N)(=O)=O)ccc1F. The lowest BCUT2D eigenvalue weighted by molar-refractivity contribution is 0.0907.